The van der Waals surface area contributed by atoms with Gasteiger partial charge in [0.05, 0.1) is 19.8 Å². The Morgan fingerprint density at radius 1 is 0.434 bits per heavy atom. The van der Waals surface area contributed by atoms with Crippen molar-refractivity contribution in [2.45, 2.75) is 287 Å². The van der Waals surface area contributed by atoms with Crippen LogP contribution in [0.2, 0.25) is 0 Å². The second kappa shape index (κ2) is 47.1. The van der Waals surface area contributed by atoms with Crippen molar-refractivity contribution in [3.63, 3.8) is 0 Å². The van der Waals surface area contributed by atoms with E-state index in [0.717, 1.165) is 70.6 Å². The van der Waals surface area contributed by atoms with Crippen LogP contribution < -0.4 is 0 Å². The minimum absolute atomic E-state index is 0.135. The van der Waals surface area contributed by atoms with Gasteiger partial charge in [0.25, 0.3) is 0 Å². The third-order valence-corrected chi connectivity index (χ3v) is 14.0. The molecule has 2 rings (SSSR count). The van der Waals surface area contributed by atoms with Crippen LogP contribution in [0.15, 0.2) is 60.8 Å². The maximum Gasteiger partial charge on any atom is 0.306 e. The Bertz CT molecular complexity index is 1550. The van der Waals surface area contributed by atoms with E-state index in [9.17, 15) is 45.3 Å². The van der Waals surface area contributed by atoms with Gasteiger partial charge in [0.2, 0.25) is 0 Å². The molecule has 2 aliphatic heterocycles. The van der Waals surface area contributed by atoms with Crippen LogP contribution in [0, 0.1) is 0 Å². The topological polar surface area (TPSA) is 231 Å². The van der Waals surface area contributed by atoms with Gasteiger partial charge in [0.1, 0.15) is 55.4 Å². The quantitative estimate of drug-likeness (QED) is 0.0171. The van der Waals surface area contributed by atoms with Crippen molar-refractivity contribution in [2.75, 3.05) is 26.4 Å². The molecule has 7 N–H and O–H groups in total. The number of carbonyl (C=O) groups excluding carboxylic acids is 2. The van der Waals surface area contributed by atoms with Crippen molar-refractivity contribution >= 4 is 11.9 Å². The molecular formula is C61H106O15. The Hall–Kier alpha value is -2.80. The highest BCUT2D eigenvalue weighted by Gasteiger charge is 2.47. The average Bonchev–Trinajstić information content (AvgIpc) is 3.41. The van der Waals surface area contributed by atoms with E-state index in [1.54, 1.807) is 0 Å². The van der Waals surface area contributed by atoms with E-state index < -0.39 is 99.3 Å². The predicted molar refractivity (Wildman–Crippen MR) is 298 cm³/mol. The van der Waals surface area contributed by atoms with Crippen LogP contribution >= 0.6 is 0 Å². The first-order valence-corrected chi connectivity index (χ1v) is 29.9. The Morgan fingerprint density at radius 3 is 1.32 bits per heavy atom. The van der Waals surface area contributed by atoms with E-state index in [0.29, 0.717) is 12.8 Å². The SMILES string of the molecule is CC/C=C\C/C=C\C/C=C\C/C=C\CCCCCCC(=O)OC(COC(=O)CCCCCCCCCCCCC/C=C\CCCCCCCCCC)COC1OC(COC2OC(CO)C(O)C(O)C2O)C(O)C(O)C1O. The molecule has 0 saturated carbocycles. The number of hydrogen-bond donors (Lipinski definition) is 7. The Morgan fingerprint density at radius 2 is 0.829 bits per heavy atom. The summed E-state index contributed by atoms with van der Waals surface area (Å²) in [5.74, 6) is -0.951. The Labute approximate surface area is 458 Å². The van der Waals surface area contributed by atoms with Gasteiger partial charge >= 0.3 is 11.9 Å². The van der Waals surface area contributed by atoms with Crippen LogP contribution in [0.3, 0.4) is 0 Å². The van der Waals surface area contributed by atoms with E-state index in [2.05, 4.69) is 74.6 Å². The molecule has 11 atom stereocenters. The molecule has 15 heteroatoms. The van der Waals surface area contributed by atoms with Gasteiger partial charge in [-0.15, -0.1) is 0 Å². The molecule has 76 heavy (non-hydrogen) atoms. The molecule has 0 aliphatic carbocycles. The molecule has 11 unspecified atom stereocenters. The summed E-state index contributed by atoms with van der Waals surface area (Å²) in [5, 5.41) is 72.3. The molecule has 2 heterocycles. The van der Waals surface area contributed by atoms with E-state index in [-0.39, 0.29) is 19.4 Å². The molecule has 0 aromatic rings. The van der Waals surface area contributed by atoms with Gasteiger partial charge in [0, 0.05) is 12.8 Å². The normalized spacial score (nSPS) is 24.8. The van der Waals surface area contributed by atoms with Gasteiger partial charge in [-0.3, -0.25) is 9.59 Å². The van der Waals surface area contributed by atoms with Crippen molar-refractivity contribution in [1.82, 2.24) is 0 Å². The number of ether oxygens (including phenoxy) is 6. The number of esters is 2. The molecule has 0 radical (unpaired) electrons. The van der Waals surface area contributed by atoms with Crippen LogP contribution in [0.25, 0.3) is 0 Å². The van der Waals surface area contributed by atoms with Crippen LogP contribution in [-0.2, 0) is 38.0 Å². The molecular weight excluding hydrogens is 973 g/mol. The molecule has 2 fully saturated rings. The molecule has 0 spiro atoms. The number of aliphatic hydroxyl groups excluding tert-OH is 7. The van der Waals surface area contributed by atoms with Crippen LogP contribution in [0.5, 0.6) is 0 Å². The third kappa shape index (κ3) is 33.6. The van der Waals surface area contributed by atoms with Crippen LogP contribution in [0.4, 0.5) is 0 Å². The molecule has 2 saturated heterocycles. The number of allylic oxidation sites excluding steroid dienone is 10. The highest BCUT2D eigenvalue weighted by atomic mass is 16.7. The lowest BCUT2D eigenvalue weighted by molar-refractivity contribution is -0.332. The van der Waals surface area contributed by atoms with Crippen LogP contribution in [0.1, 0.15) is 219 Å². The third-order valence-electron chi connectivity index (χ3n) is 14.0. The highest BCUT2D eigenvalue weighted by Crippen LogP contribution is 2.27. The maximum atomic E-state index is 13.1. The monoisotopic (exact) mass is 1080 g/mol. The minimum Gasteiger partial charge on any atom is -0.462 e. The summed E-state index contributed by atoms with van der Waals surface area (Å²) in [7, 11) is 0. The van der Waals surface area contributed by atoms with Gasteiger partial charge < -0.3 is 64.2 Å². The van der Waals surface area contributed by atoms with Gasteiger partial charge in [-0.25, -0.2) is 0 Å². The summed E-state index contributed by atoms with van der Waals surface area (Å²) in [4.78, 5) is 25.9. The van der Waals surface area contributed by atoms with E-state index in [4.69, 9.17) is 28.4 Å². The predicted octanol–water partition coefficient (Wildman–Crippen LogP) is 10.4. The van der Waals surface area contributed by atoms with Gasteiger partial charge in [-0.1, -0.05) is 190 Å². The lowest BCUT2D eigenvalue weighted by atomic mass is 9.98. The number of unbranched alkanes of at least 4 members (excludes halogenated alkanes) is 23. The summed E-state index contributed by atoms with van der Waals surface area (Å²) < 4.78 is 33.7. The zero-order valence-electron chi connectivity index (χ0n) is 47.0. The number of aliphatic hydroxyl groups is 7. The standard InChI is InChI=1S/C61H106O15/c1-3-5-7-9-11-13-15-17-19-21-22-23-24-25-26-28-29-31-33-35-37-39-41-43-52(63)71-46-49(74-53(64)44-42-40-38-36-34-32-30-27-20-18-16-14-12-10-8-6-4-2)47-72-60-59(70)57(68)55(66)51(76-60)48-73-61-58(69)56(67)54(65)50(45-62)75-61/h6,8,12,14,18,20-22,30,32,49-51,54-62,65-70H,3-5,7,9-11,13,15-17,19,23-29,31,33-48H2,1-2H3/b8-6-,14-12-,20-18-,22-21-,32-30-. The van der Waals surface area contributed by atoms with Crippen LogP contribution in [-0.4, -0.2) is 142 Å². The molecule has 15 nitrogen and oxygen atoms in total. The molecule has 0 aromatic heterocycles. The second-order valence-corrected chi connectivity index (χ2v) is 20.8. The number of rotatable bonds is 47. The fourth-order valence-corrected chi connectivity index (χ4v) is 9.14. The van der Waals surface area contributed by atoms with E-state index in [1.807, 2.05) is 0 Å². The van der Waals surface area contributed by atoms with E-state index >= 15 is 0 Å². The molecule has 440 valence electrons. The molecule has 0 aromatic carbocycles. The average molecular weight is 1080 g/mol. The van der Waals surface area contributed by atoms with Gasteiger partial charge in [-0.05, 0) is 77.0 Å². The summed E-state index contributed by atoms with van der Waals surface area (Å²) in [5.41, 5.74) is 0. The zero-order valence-corrected chi connectivity index (χ0v) is 47.0. The largest absolute Gasteiger partial charge is 0.462 e. The Kier molecular flexibility index (Phi) is 42.9. The molecule has 2 aliphatic rings. The number of hydrogen-bond acceptors (Lipinski definition) is 15. The van der Waals surface area contributed by atoms with Crippen molar-refractivity contribution in [2.24, 2.45) is 0 Å². The number of carbonyl (C=O) groups is 2. The van der Waals surface area contributed by atoms with Crippen molar-refractivity contribution in [3.8, 4) is 0 Å². The molecule has 0 bridgehead atoms. The van der Waals surface area contributed by atoms with Crippen molar-refractivity contribution in [3.05, 3.63) is 60.8 Å². The van der Waals surface area contributed by atoms with Gasteiger partial charge in [-0.2, -0.15) is 0 Å². The van der Waals surface area contributed by atoms with Gasteiger partial charge in [0.15, 0.2) is 18.7 Å². The summed E-state index contributed by atoms with van der Waals surface area (Å²) in [6.07, 6.45) is 39.6. The van der Waals surface area contributed by atoms with Crippen molar-refractivity contribution in [1.29, 1.82) is 0 Å². The summed E-state index contributed by atoms with van der Waals surface area (Å²) in [6, 6.07) is 0. The first kappa shape index (κ1) is 69.3. The lowest BCUT2D eigenvalue weighted by Gasteiger charge is -2.42. The lowest BCUT2D eigenvalue weighted by Crippen LogP contribution is -2.61. The van der Waals surface area contributed by atoms with Crippen molar-refractivity contribution < 1.29 is 73.8 Å². The first-order valence-electron chi connectivity index (χ1n) is 29.9. The second-order valence-electron chi connectivity index (χ2n) is 20.8. The smallest absolute Gasteiger partial charge is 0.306 e. The van der Waals surface area contributed by atoms with E-state index in [1.165, 1.54) is 109 Å². The fraction of sp³-hybridized carbons (Fsp3) is 0.803. The highest BCUT2D eigenvalue weighted by molar-refractivity contribution is 5.70. The first-order chi connectivity index (χ1) is 37.0. The summed E-state index contributed by atoms with van der Waals surface area (Å²) >= 11 is 0. The zero-order chi connectivity index (χ0) is 55.3. The summed E-state index contributed by atoms with van der Waals surface area (Å²) in [6.45, 7) is 2.47. The fourth-order valence-electron chi connectivity index (χ4n) is 9.14. The Balaban J connectivity index is 1.74. The molecule has 0 amide bonds. The minimum atomic E-state index is -1.77. The maximum absolute atomic E-state index is 13.1.